The van der Waals surface area contributed by atoms with Gasteiger partial charge in [-0.15, -0.1) is 22.7 Å². The number of hydrogen-bond donors (Lipinski definition) is 1. The molecule has 3 rings (SSSR count). The monoisotopic (exact) mass is 365 g/mol. The Bertz CT molecular complexity index is 780. The lowest BCUT2D eigenvalue weighted by atomic mass is 10.1. The number of cyclic esters (lactones) is 1. The molecule has 1 saturated heterocycles. The molecule has 2 atom stereocenters. The molecular weight excluding hydrogens is 350 g/mol. The second-order valence-corrected chi connectivity index (χ2v) is 7.22. The first kappa shape index (κ1) is 16.7. The van der Waals surface area contributed by atoms with Crippen LogP contribution in [-0.2, 0) is 19.1 Å². The van der Waals surface area contributed by atoms with Crippen molar-refractivity contribution in [3.8, 4) is 10.4 Å². The number of rotatable bonds is 4. The minimum atomic E-state index is -0.909. The second kappa shape index (κ2) is 6.74. The molecule has 0 aliphatic carbocycles. The number of esters is 2. The van der Waals surface area contributed by atoms with Crippen LogP contribution in [0.4, 0.5) is 5.00 Å². The van der Waals surface area contributed by atoms with Gasteiger partial charge in [0.1, 0.15) is 16.7 Å². The van der Waals surface area contributed by atoms with E-state index >= 15 is 0 Å². The van der Waals surface area contributed by atoms with Gasteiger partial charge in [0.25, 0.3) is 0 Å². The number of carbonyl (C=O) groups excluding carboxylic acids is 3. The zero-order valence-corrected chi connectivity index (χ0v) is 14.7. The average molecular weight is 365 g/mol. The van der Waals surface area contributed by atoms with Gasteiger partial charge in [-0.2, -0.15) is 0 Å². The molecule has 0 spiro atoms. The van der Waals surface area contributed by atoms with Crippen LogP contribution in [0.3, 0.4) is 0 Å². The Morgan fingerprint density at radius 3 is 2.75 bits per heavy atom. The first-order valence-electron chi connectivity index (χ1n) is 7.30. The van der Waals surface area contributed by atoms with Gasteiger partial charge in [-0.05, 0) is 18.4 Å². The molecule has 0 saturated carbocycles. The molecule has 0 unspecified atom stereocenters. The first-order valence-corrected chi connectivity index (χ1v) is 9.06. The molecule has 1 N–H and O–H groups in total. The number of hydrogen-bond acceptors (Lipinski definition) is 7. The molecule has 3 heterocycles. The summed E-state index contributed by atoms with van der Waals surface area (Å²) >= 11 is 2.73. The molecule has 0 aromatic carbocycles. The highest BCUT2D eigenvalue weighted by Gasteiger charge is 2.36. The van der Waals surface area contributed by atoms with Crippen molar-refractivity contribution in [2.24, 2.45) is 0 Å². The van der Waals surface area contributed by atoms with Crippen molar-refractivity contribution in [2.45, 2.75) is 32.5 Å². The van der Waals surface area contributed by atoms with Crippen LogP contribution in [0.1, 0.15) is 30.6 Å². The van der Waals surface area contributed by atoms with E-state index in [1.165, 1.54) is 29.6 Å². The predicted molar refractivity (Wildman–Crippen MR) is 91.3 cm³/mol. The van der Waals surface area contributed by atoms with E-state index in [4.69, 9.17) is 9.47 Å². The highest BCUT2D eigenvalue weighted by molar-refractivity contribution is 7.17. The maximum atomic E-state index is 12.7. The fourth-order valence-corrected chi connectivity index (χ4v) is 4.25. The quantitative estimate of drug-likeness (QED) is 0.841. The fourth-order valence-electron chi connectivity index (χ4n) is 2.43. The highest BCUT2D eigenvalue weighted by Crippen LogP contribution is 2.38. The van der Waals surface area contributed by atoms with Crippen LogP contribution in [0, 0.1) is 0 Å². The van der Waals surface area contributed by atoms with E-state index in [1.807, 2.05) is 17.5 Å². The van der Waals surface area contributed by atoms with Gasteiger partial charge in [-0.25, -0.2) is 9.59 Å². The molecule has 24 heavy (non-hydrogen) atoms. The molecule has 1 aliphatic rings. The molecule has 1 aliphatic heterocycles. The van der Waals surface area contributed by atoms with Gasteiger partial charge >= 0.3 is 11.9 Å². The van der Waals surface area contributed by atoms with Gasteiger partial charge in [0, 0.05) is 29.2 Å². The van der Waals surface area contributed by atoms with Crippen LogP contribution < -0.4 is 5.32 Å². The van der Waals surface area contributed by atoms with Crippen LogP contribution >= 0.6 is 22.7 Å². The lowest BCUT2D eigenvalue weighted by Gasteiger charge is -2.10. The van der Waals surface area contributed by atoms with Crippen LogP contribution in [0.25, 0.3) is 10.4 Å². The van der Waals surface area contributed by atoms with Crippen molar-refractivity contribution in [3.05, 3.63) is 28.5 Å². The summed E-state index contributed by atoms with van der Waals surface area (Å²) in [5.41, 5.74) is 0.952. The van der Waals surface area contributed by atoms with Crippen LogP contribution in [0.15, 0.2) is 22.9 Å². The Morgan fingerprint density at radius 2 is 2.17 bits per heavy atom. The Kier molecular flexibility index (Phi) is 4.68. The average Bonchev–Trinajstić information content (AvgIpc) is 3.19. The van der Waals surface area contributed by atoms with Crippen molar-refractivity contribution in [3.63, 3.8) is 0 Å². The SMILES string of the molecule is CC(=O)Nc1scc(-c2cccs2)c1C(=O)O[C@H]1C[C@H](C)OC1=O. The Labute approximate surface area is 146 Å². The topological polar surface area (TPSA) is 81.7 Å². The van der Waals surface area contributed by atoms with Crippen LogP contribution in [0.5, 0.6) is 0 Å². The van der Waals surface area contributed by atoms with Crippen LogP contribution in [-0.4, -0.2) is 30.1 Å². The van der Waals surface area contributed by atoms with Gasteiger partial charge in [0.15, 0.2) is 0 Å². The van der Waals surface area contributed by atoms with Gasteiger partial charge in [-0.3, -0.25) is 4.79 Å². The van der Waals surface area contributed by atoms with E-state index in [0.717, 1.165) is 4.88 Å². The third kappa shape index (κ3) is 3.34. The Hall–Kier alpha value is -2.19. The molecular formula is C16H15NO5S2. The summed E-state index contributed by atoms with van der Waals surface area (Å²) in [4.78, 5) is 36.6. The standard InChI is InChI=1S/C16H15NO5S2/c1-8-6-11(15(19)21-8)22-16(20)13-10(12-4-3-5-23-12)7-24-14(13)17-9(2)18/h3-5,7-8,11H,6H2,1-2H3,(H,17,18)/t8-,11-/m0/s1. The largest absolute Gasteiger partial charge is 0.460 e. The number of amides is 1. The Balaban J connectivity index is 1.92. The van der Waals surface area contributed by atoms with Gasteiger partial charge in [0.2, 0.25) is 12.0 Å². The summed E-state index contributed by atoms with van der Waals surface area (Å²) in [5.74, 6) is -1.46. The minimum absolute atomic E-state index is 0.269. The Morgan fingerprint density at radius 1 is 1.38 bits per heavy atom. The highest BCUT2D eigenvalue weighted by atomic mass is 32.1. The van der Waals surface area contributed by atoms with Gasteiger partial charge in [-0.1, -0.05) is 6.07 Å². The second-order valence-electron chi connectivity index (χ2n) is 5.39. The number of thiophene rings is 2. The molecule has 126 valence electrons. The van der Waals surface area contributed by atoms with Gasteiger partial charge in [0.05, 0.1) is 0 Å². The van der Waals surface area contributed by atoms with Gasteiger partial charge < -0.3 is 14.8 Å². The zero-order chi connectivity index (χ0) is 17.3. The van der Waals surface area contributed by atoms with Crippen molar-refractivity contribution >= 4 is 45.5 Å². The normalized spacial score (nSPS) is 19.8. The van der Waals surface area contributed by atoms with E-state index in [-0.39, 0.29) is 17.6 Å². The molecule has 1 amide bonds. The molecule has 8 heteroatoms. The van der Waals surface area contributed by atoms with Crippen molar-refractivity contribution in [1.82, 2.24) is 0 Å². The molecule has 2 aromatic rings. The number of ether oxygens (including phenoxy) is 2. The van der Waals surface area contributed by atoms with Crippen LogP contribution in [0.2, 0.25) is 0 Å². The third-order valence-electron chi connectivity index (χ3n) is 3.45. The van der Waals surface area contributed by atoms with Crippen molar-refractivity contribution in [2.75, 3.05) is 5.32 Å². The maximum Gasteiger partial charge on any atom is 0.347 e. The first-order chi connectivity index (χ1) is 11.5. The van der Waals surface area contributed by atoms with E-state index < -0.39 is 18.0 Å². The molecule has 2 aromatic heterocycles. The van der Waals surface area contributed by atoms with E-state index in [0.29, 0.717) is 17.0 Å². The third-order valence-corrected chi connectivity index (χ3v) is 5.25. The van der Waals surface area contributed by atoms with E-state index in [1.54, 1.807) is 12.3 Å². The molecule has 6 nitrogen and oxygen atoms in total. The minimum Gasteiger partial charge on any atom is -0.460 e. The smallest absolute Gasteiger partial charge is 0.347 e. The predicted octanol–water partition coefficient (Wildman–Crippen LogP) is 3.30. The fraction of sp³-hybridized carbons (Fsp3) is 0.312. The van der Waals surface area contributed by atoms with Crippen molar-refractivity contribution < 1.29 is 23.9 Å². The summed E-state index contributed by atoms with van der Waals surface area (Å²) in [6.45, 7) is 3.12. The number of carbonyl (C=O) groups is 3. The molecule has 0 radical (unpaired) electrons. The summed E-state index contributed by atoms with van der Waals surface area (Å²) in [5, 5.41) is 6.76. The van der Waals surface area contributed by atoms with E-state index in [2.05, 4.69) is 5.32 Å². The summed E-state index contributed by atoms with van der Waals surface area (Å²) in [6.07, 6.45) is -0.850. The lowest BCUT2D eigenvalue weighted by molar-refractivity contribution is -0.147. The van der Waals surface area contributed by atoms with E-state index in [9.17, 15) is 14.4 Å². The molecule has 0 bridgehead atoms. The molecule has 1 fully saturated rings. The van der Waals surface area contributed by atoms with Crippen molar-refractivity contribution in [1.29, 1.82) is 0 Å². The number of anilines is 1. The summed E-state index contributed by atoms with van der Waals surface area (Å²) in [7, 11) is 0. The zero-order valence-electron chi connectivity index (χ0n) is 13.0. The maximum absolute atomic E-state index is 12.7. The number of nitrogens with one attached hydrogen (secondary N) is 1. The summed E-state index contributed by atoms with van der Waals surface area (Å²) in [6, 6.07) is 3.76. The summed E-state index contributed by atoms with van der Waals surface area (Å²) < 4.78 is 10.4. The lowest BCUT2D eigenvalue weighted by Crippen LogP contribution is -2.23.